The highest BCUT2D eigenvalue weighted by molar-refractivity contribution is 5.62. The molecule has 3 rings (SSSR count). The van der Waals surface area contributed by atoms with Crippen LogP contribution in [0.5, 0.6) is 0 Å². The molecule has 1 N–H and O–H groups in total. The van der Waals surface area contributed by atoms with Gasteiger partial charge in [-0.2, -0.15) is 0 Å². The van der Waals surface area contributed by atoms with E-state index in [1.165, 1.54) is 30.5 Å². The molecule has 3 heteroatoms. The van der Waals surface area contributed by atoms with Crippen molar-refractivity contribution < 1.29 is 0 Å². The lowest BCUT2D eigenvalue weighted by Gasteiger charge is -2.28. The van der Waals surface area contributed by atoms with Crippen LogP contribution in [-0.4, -0.2) is 18.6 Å². The predicted molar refractivity (Wildman–Crippen MR) is 83.3 cm³/mol. The quantitative estimate of drug-likeness (QED) is 0.919. The van der Waals surface area contributed by atoms with Crippen molar-refractivity contribution in [1.29, 1.82) is 0 Å². The normalized spacial score (nSPS) is 18.8. The summed E-state index contributed by atoms with van der Waals surface area (Å²) in [6.45, 7) is 1.11. The monoisotopic (exact) mass is 267 g/mol. The Hall–Kier alpha value is -1.87. The second-order valence-electron chi connectivity index (χ2n) is 5.31. The van der Waals surface area contributed by atoms with Crippen molar-refractivity contribution in [2.24, 2.45) is 0 Å². The summed E-state index contributed by atoms with van der Waals surface area (Å²) in [5, 5.41) is 3.62. The molecule has 0 saturated carbocycles. The summed E-state index contributed by atoms with van der Waals surface area (Å²) in [5.41, 5.74) is 2.47. The van der Waals surface area contributed by atoms with Gasteiger partial charge in [-0.1, -0.05) is 30.7 Å². The zero-order valence-corrected chi connectivity index (χ0v) is 11.9. The summed E-state index contributed by atoms with van der Waals surface area (Å²) in [7, 11) is 2.09. The Morgan fingerprint density at radius 3 is 2.70 bits per heavy atom. The molecule has 1 aromatic carbocycles. The van der Waals surface area contributed by atoms with Gasteiger partial charge in [0, 0.05) is 30.5 Å². The van der Waals surface area contributed by atoms with Gasteiger partial charge in [0.15, 0.2) is 0 Å². The molecule has 1 aliphatic rings. The van der Waals surface area contributed by atoms with E-state index in [2.05, 4.69) is 52.6 Å². The minimum atomic E-state index is 0.429. The Kier molecular flexibility index (Phi) is 3.97. The van der Waals surface area contributed by atoms with Gasteiger partial charge in [-0.3, -0.25) is 0 Å². The number of anilines is 2. The highest BCUT2D eigenvalue weighted by atomic mass is 15.2. The van der Waals surface area contributed by atoms with E-state index in [4.69, 9.17) is 0 Å². The summed E-state index contributed by atoms with van der Waals surface area (Å²) in [6.07, 6.45) is 5.64. The molecule has 0 bridgehead atoms. The lowest BCUT2D eigenvalue weighted by atomic mass is 9.97. The SMILES string of the molecule is CN(c1ccccc1)c1ncccc1[C@H]1CCCCN1. The molecule has 104 valence electrons. The van der Waals surface area contributed by atoms with E-state index in [-0.39, 0.29) is 0 Å². The van der Waals surface area contributed by atoms with Crippen molar-refractivity contribution in [3.05, 3.63) is 54.2 Å². The molecular weight excluding hydrogens is 246 g/mol. The van der Waals surface area contributed by atoms with E-state index in [1.807, 2.05) is 18.3 Å². The molecule has 1 saturated heterocycles. The van der Waals surface area contributed by atoms with Crippen LogP contribution in [0.15, 0.2) is 48.7 Å². The number of nitrogens with zero attached hydrogens (tertiary/aromatic N) is 2. The van der Waals surface area contributed by atoms with E-state index in [1.54, 1.807) is 0 Å². The molecule has 1 fully saturated rings. The molecule has 0 unspecified atom stereocenters. The summed E-state index contributed by atoms with van der Waals surface area (Å²) >= 11 is 0. The van der Waals surface area contributed by atoms with Crippen molar-refractivity contribution in [2.45, 2.75) is 25.3 Å². The van der Waals surface area contributed by atoms with Crippen LogP contribution in [0.3, 0.4) is 0 Å². The minimum Gasteiger partial charge on any atom is -0.329 e. The number of piperidine rings is 1. The predicted octanol–water partition coefficient (Wildman–Crippen LogP) is 3.66. The average molecular weight is 267 g/mol. The number of pyridine rings is 1. The topological polar surface area (TPSA) is 28.2 Å². The summed E-state index contributed by atoms with van der Waals surface area (Å²) in [6, 6.07) is 15.1. The first-order valence-electron chi connectivity index (χ1n) is 7.33. The molecular formula is C17H21N3. The summed E-state index contributed by atoms with van der Waals surface area (Å²) in [4.78, 5) is 6.79. The fraction of sp³-hybridized carbons (Fsp3) is 0.353. The van der Waals surface area contributed by atoms with Crippen LogP contribution < -0.4 is 10.2 Å². The van der Waals surface area contributed by atoms with Gasteiger partial charge in [0.25, 0.3) is 0 Å². The number of rotatable bonds is 3. The van der Waals surface area contributed by atoms with Crippen LogP contribution in [0.1, 0.15) is 30.9 Å². The van der Waals surface area contributed by atoms with Crippen molar-refractivity contribution in [1.82, 2.24) is 10.3 Å². The Balaban J connectivity index is 1.93. The van der Waals surface area contributed by atoms with Gasteiger partial charge < -0.3 is 10.2 Å². The minimum absolute atomic E-state index is 0.429. The van der Waals surface area contributed by atoms with Crippen LogP contribution in [0.4, 0.5) is 11.5 Å². The van der Waals surface area contributed by atoms with Crippen LogP contribution in [0.2, 0.25) is 0 Å². The first kappa shape index (κ1) is 13.1. The summed E-state index contributed by atoms with van der Waals surface area (Å²) < 4.78 is 0. The Bertz CT molecular complexity index is 547. The van der Waals surface area contributed by atoms with Crippen molar-refractivity contribution in [2.75, 3.05) is 18.5 Å². The molecule has 3 nitrogen and oxygen atoms in total. The van der Waals surface area contributed by atoms with Crippen molar-refractivity contribution in [3.63, 3.8) is 0 Å². The van der Waals surface area contributed by atoms with Crippen LogP contribution in [-0.2, 0) is 0 Å². The molecule has 1 aliphatic heterocycles. The highest BCUT2D eigenvalue weighted by Gasteiger charge is 2.20. The Labute approximate surface area is 120 Å². The second-order valence-corrected chi connectivity index (χ2v) is 5.31. The third kappa shape index (κ3) is 2.68. The molecule has 2 aromatic rings. The van der Waals surface area contributed by atoms with Crippen molar-refractivity contribution in [3.8, 4) is 0 Å². The third-order valence-corrected chi connectivity index (χ3v) is 3.96. The maximum absolute atomic E-state index is 4.62. The van der Waals surface area contributed by atoms with Crippen LogP contribution >= 0.6 is 0 Å². The van der Waals surface area contributed by atoms with Crippen molar-refractivity contribution >= 4 is 11.5 Å². The maximum atomic E-state index is 4.62. The van der Waals surface area contributed by atoms with E-state index in [9.17, 15) is 0 Å². The molecule has 1 aromatic heterocycles. The molecule has 0 spiro atoms. The van der Waals surface area contributed by atoms with E-state index >= 15 is 0 Å². The lowest BCUT2D eigenvalue weighted by molar-refractivity contribution is 0.412. The fourth-order valence-electron chi connectivity index (χ4n) is 2.85. The first-order chi connectivity index (χ1) is 9.86. The molecule has 1 atom stereocenters. The zero-order valence-electron chi connectivity index (χ0n) is 11.9. The fourth-order valence-corrected chi connectivity index (χ4v) is 2.85. The number of hydrogen-bond donors (Lipinski definition) is 1. The van der Waals surface area contributed by atoms with Crippen LogP contribution in [0.25, 0.3) is 0 Å². The van der Waals surface area contributed by atoms with Gasteiger partial charge in [0.1, 0.15) is 5.82 Å². The lowest BCUT2D eigenvalue weighted by Crippen LogP contribution is -2.28. The number of nitrogens with one attached hydrogen (secondary N) is 1. The first-order valence-corrected chi connectivity index (χ1v) is 7.33. The number of para-hydroxylation sites is 1. The van der Waals surface area contributed by atoms with E-state index in [0.29, 0.717) is 6.04 Å². The van der Waals surface area contributed by atoms with Gasteiger partial charge in [-0.15, -0.1) is 0 Å². The van der Waals surface area contributed by atoms with E-state index < -0.39 is 0 Å². The van der Waals surface area contributed by atoms with Crippen LogP contribution in [0, 0.1) is 0 Å². The zero-order chi connectivity index (χ0) is 13.8. The molecule has 0 radical (unpaired) electrons. The van der Waals surface area contributed by atoms with Gasteiger partial charge in [0.05, 0.1) is 0 Å². The van der Waals surface area contributed by atoms with Gasteiger partial charge in [0.2, 0.25) is 0 Å². The molecule has 2 heterocycles. The average Bonchev–Trinajstić information content (AvgIpc) is 2.56. The van der Waals surface area contributed by atoms with Gasteiger partial charge >= 0.3 is 0 Å². The molecule has 20 heavy (non-hydrogen) atoms. The molecule has 0 amide bonds. The van der Waals surface area contributed by atoms with E-state index in [0.717, 1.165) is 12.4 Å². The Morgan fingerprint density at radius 1 is 1.10 bits per heavy atom. The number of aromatic nitrogens is 1. The third-order valence-electron chi connectivity index (χ3n) is 3.96. The number of hydrogen-bond acceptors (Lipinski definition) is 3. The Morgan fingerprint density at radius 2 is 1.95 bits per heavy atom. The largest absolute Gasteiger partial charge is 0.329 e. The second kappa shape index (κ2) is 6.06. The standard InChI is InChI=1S/C17H21N3/c1-20(14-8-3-2-4-9-14)17-15(10-7-13-19-17)16-11-5-6-12-18-16/h2-4,7-10,13,16,18H,5-6,11-12H2,1H3/t16-/m1/s1. The smallest absolute Gasteiger partial charge is 0.137 e. The summed E-state index contributed by atoms with van der Waals surface area (Å²) in [5.74, 6) is 1.05. The number of benzene rings is 1. The maximum Gasteiger partial charge on any atom is 0.137 e. The van der Waals surface area contributed by atoms with Gasteiger partial charge in [-0.05, 0) is 37.6 Å². The molecule has 0 aliphatic carbocycles. The highest BCUT2D eigenvalue weighted by Crippen LogP contribution is 2.32. The van der Waals surface area contributed by atoms with Gasteiger partial charge in [-0.25, -0.2) is 4.98 Å².